The Morgan fingerprint density at radius 2 is 2.17 bits per heavy atom. The lowest BCUT2D eigenvalue weighted by Gasteiger charge is -2.16. The molecule has 2 aromatic rings. The summed E-state index contributed by atoms with van der Waals surface area (Å²) in [4.78, 5) is 23.7. The number of nitrogens with zero attached hydrogens (tertiary/aromatic N) is 4. The number of aliphatic hydroxyl groups is 2. The highest BCUT2D eigenvalue weighted by molar-refractivity contribution is 5.82. The number of carbonyl (C=O) groups excluding carboxylic acids is 1. The van der Waals surface area contributed by atoms with Gasteiger partial charge in [0.2, 0.25) is 0 Å². The fraction of sp³-hybridized carbons (Fsp3) is 0.500. The third-order valence-corrected chi connectivity index (χ3v) is 3.55. The van der Waals surface area contributed by atoms with Crippen LogP contribution >= 0.6 is 0 Å². The highest BCUT2D eigenvalue weighted by atomic mass is 18.2. The van der Waals surface area contributed by atoms with Crippen LogP contribution in [0.3, 0.4) is 0 Å². The SMILES string of the molecule is Nc1ncnc2c1ncn2[C@@H]1O[C@H](C(=O)NCC[18F])[C@@H](O)[C@H]1O. The minimum Gasteiger partial charge on any atom is -0.387 e. The average molecular weight is 325 g/mol. The minimum atomic E-state index is -1.48. The molecule has 2 aromatic heterocycles. The standard InChI is InChI=1S/C12H15FN6O4/c13-1-2-15-11(22)8-6(20)7(21)12(23-8)19-4-18-5-9(14)16-3-17-10(5)19/h3-4,6-8,12,20-21H,1-2H2,(H,15,22)(H2,14,16,17)/t6-,7+,8-,12+/m0/s1/i13-1. The number of nitrogen functional groups attached to an aromatic ring is 1. The Morgan fingerprint density at radius 1 is 1.39 bits per heavy atom. The monoisotopic (exact) mass is 325 g/mol. The van der Waals surface area contributed by atoms with Gasteiger partial charge in [-0.15, -0.1) is 0 Å². The number of fused-ring (bicyclic) bond motifs is 1. The lowest BCUT2D eigenvalue weighted by molar-refractivity contribution is -0.137. The summed E-state index contributed by atoms with van der Waals surface area (Å²) in [6.07, 6.45) is -2.76. The van der Waals surface area contributed by atoms with Crippen LogP contribution in [0, 0.1) is 0 Å². The number of nitrogens with two attached hydrogens (primary N) is 1. The lowest BCUT2D eigenvalue weighted by Crippen LogP contribution is -2.43. The maximum absolute atomic E-state index is 12.1. The molecular weight excluding hydrogens is 310 g/mol. The number of anilines is 1. The predicted octanol–water partition coefficient (Wildman–Crippen LogP) is -1.89. The number of ether oxygens (including phenoxy) is 1. The fourth-order valence-corrected chi connectivity index (χ4v) is 2.43. The van der Waals surface area contributed by atoms with E-state index in [4.69, 9.17) is 10.5 Å². The van der Waals surface area contributed by atoms with E-state index in [1.165, 1.54) is 17.2 Å². The number of hydrogen-bond donors (Lipinski definition) is 4. The molecule has 23 heavy (non-hydrogen) atoms. The molecule has 0 aromatic carbocycles. The molecule has 0 aliphatic carbocycles. The Hall–Kier alpha value is -2.37. The van der Waals surface area contributed by atoms with Crippen LogP contribution in [0.2, 0.25) is 0 Å². The summed E-state index contributed by atoms with van der Waals surface area (Å²) >= 11 is 0. The lowest BCUT2D eigenvalue weighted by atomic mass is 10.1. The Labute approximate surface area is 129 Å². The van der Waals surface area contributed by atoms with Gasteiger partial charge in [0, 0.05) is 6.54 Å². The normalized spacial score (nSPS) is 27.4. The second-order valence-corrected chi connectivity index (χ2v) is 4.99. The highest BCUT2D eigenvalue weighted by Gasteiger charge is 2.47. The molecule has 3 rings (SSSR count). The summed E-state index contributed by atoms with van der Waals surface area (Å²) in [7, 11) is 0. The van der Waals surface area contributed by atoms with Crippen molar-refractivity contribution in [1.29, 1.82) is 0 Å². The number of aliphatic hydroxyl groups excluding tert-OH is 2. The van der Waals surface area contributed by atoms with Gasteiger partial charge in [-0.1, -0.05) is 0 Å². The third kappa shape index (κ3) is 2.58. The van der Waals surface area contributed by atoms with Gasteiger partial charge in [-0.05, 0) is 0 Å². The molecular formula is C12H15FN6O4. The zero-order valence-corrected chi connectivity index (χ0v) is 11.8. The summed E-state index contributed by atoms with van der Waals surface area (Å²) < 4.78 is 18.9. The smallest absolute Gasteiger partial charge is 0.252 e. The molecule has 11 heteroatoms. The van der Waals surface area contributed by atoms with Crippen LogP contribution in [0.25, 0.3) is 11.2 Å². The highest BCUT2D eigenvalue weighted by Crippen LogP contribution is 2.31. The van der Waals surface area contributed by atoms with E-state index in [9.17, 15) is 19.4 Å². The number of alkyl halides is 1. The number of halogens is 1. The number of carbonyl (C=O) groups is 1. The molecule has 1 fully saturated rings. The Kier molecular flexibility index (Phi) is 4.07. The van der Waals surface area contributed by atoms with E-state index >= 15 is 0 Å². The molecule has 10 nitrogen and oxygen atoms in total. The van der Waals surface area contributed by atoms with E-state index in [1.54, 1.807) is 0 Å². The van der Waals surface area contributed by atoms with Crippen molar-refractivity contribution in [1.82, 2.24) is 24.8 Å². The number of imidazole rings is 1. The van der Waals surface area contributed by atoms with Gasteiger partial charge in [-0.2, -0.15) is 0 Å². The minimum absolute atomic E-state index is 0.152. The van der Waals surface area contributed by atoms with Crippen LogP contribution in [0.5, 0.6) is 0 Å². The molecule has 1 saturated heterocycles. The van der Waals surface area contributed by atoms with E-state index in [-0.39, 0.29) is 12.4 Å². The quantitative estimate of drug-likeness (QED) is 0.510. The first-order valence-electron chi connectivity index (χ1n) is 6.83. The summed E-state index contributed by atoms with van der Waals surface area (Å²) in [6, 6.07) is 0. The molecule has 0 saturated carbocycles. The van der Waals surface area contributed by atoms with Gasteiger partial charge in [-0.3, -0.25) is 9.36 Å². The number of hydrogen-bond acceptors (Lipinski definition) is 8. The van der Waals surface area contributed by atoms with Crippen molar-refractivity contribution < 1.29 is 24.1 Å². The first-order valence-corrected chi connectivity index (χ1v) is 6.83. The molecule has 0 spiro atoms. The summed E-state index contributed by atoms with van der Waals surface area (Å²) in [5, 5.41) is 22.4. The molecule has 1 aliphatic heterocycles. The van der Waals surface area contributed by atoms with Gasteiger partial charge in [-0.25, -0.2) is 19.3 Å². The largest absolute Gasteiger partial charge is 0.387 e. The molecule has 1 amide bonds. The van der Waals surface area contributed by atoms with Crippen molar-refractivity contribution >= 4 is 22.9 Å². The summed E-state index contributed by atoms with van der Waals surface area (Å²) in [5.74, 6) is -0.561. The van der Waals surface area contributed by atoms with Crippen molar-refractivity contribution in [3.63, 3.8) is 0 Å². The van der Waals surface area contributed by atoms with E-state index in [0.29, 0.717) is 11.2 Å². The first kappa shape index (κ1) is 15.5. The van der Waals surface area contributed by atoms with Crippen molar-refractivity contribution in [2.75, 3.05) is 19.0 Å². The second-order valence-electron chi connectivity index (χ2n) is 4.99. The van der Waals surface area contributed by atoms with Crippen LogP contribution in [-0.2, 0) is 9.53 Å². The molecule has 1 aliphatic rings. The molecule has 0 unspecified atom stereocenters. The second kappa shape index (κ2) is 6.02. The topological polar surface area (TPSA) is 148 Å². The number of nitrogens with one attached hydrogen (secondary N) is 1. The molecule has 4 atom stereocenters. The summed E-state index contributed by atoms with van der Waals surface area (Å²) in [5.41, 5.74) is 6.28. The Morgan fingerprint density at radius 3 is 2.91 bits per heavy atom. The fourth-order valence-electron chi connectivity index (χ4n) is 2.43. The molecule has 0 bridgehead atoms. The van der Waals surface area contributed by atoms with Crippen molar-refractivity contribution in [3.8, 4) is 0 Å². The van der Waals surface area contributed by atoms with E-state index in [1.807, 2.05) is 0 Å². The van der Waals surface area contributed by atoms with E-state index in [2.05, 4.69) is 20.3 Å². The number of aromatic nitrogens is 4. The number of amides is 1. The van der Waals surface area contributed by atoms with Crippen LogP contribution < -0.4 is 11.1 Å². The van der Waals surface area contributed by atoms with Gasteiger partial charge < -0.3 is 26.0 Å². The van der Waals surface area contributed by atoms with E-state index in [0.717, 1.165) is 0 Å². The van der Waals surface area contributed by atoms with Gasteiger partial charge in [0.15, 0.2) is 23.8 Å². The zero-order chi connectivity index (χ0) is 16.6. The van der Waals surface area contributed by atoms with Crippen LogP contribution in [0.4, 0.5) is 10.2 Å². The predicted molar refractivity (Wildman–Crippen MR) is 74.6 cm³/mol. The molecule has 0 radical (unpaired) electrons. The number of rotatable bonds is 4. The van der Waals surface area contributed by atoms with Gasteiger partial charge >= 0.3 is 0 Å². The van der Waals surface area contributed by atoms with Crippen molar-refractivity contribution in [3.05, 3.63) is 12.7 Å². The Balaban J connectivity index is 1.88. The van der Waals surface area contributed by atoms with Crippen LogP contribution in [0.15, 0.2) is 12.7 Å². The molecule has 3 heterocycles. The first-order chi connectivity index (χ1) is 11.0. The van der Waals surface area contributed by atoms with Gasteiger partial charge in [0.25, 0.3) is 5.91 Å². The average Bonchev–Trinajstić information content (AvgIpc) is 3.09. The molecule has 5 N–H and O–H groups in total. The van der Waals surface area contributed by atoms with E-state index < -0.39 is 37.1 Å². The maximum Gasteiger partial charge on any atom is 0.252 e. The summed E-state index contributed by atoms with van der Waals surface area (Å²) in [6.45, 7) is -0.952. The van der Waals surface area contributed by atoms with Gasteiger partial charge in [0.05, 0.1) is 6.33 Å². The maximum atomic E-state index is 12.1. The van der Waals surface area contributed by atoms with Crippen LogP contribution in [0.1, 0.15) is 6.23 Å². The molecule has 124 valence electrons. The van der Waals surface area contributed by atoms with Gasteiger partial charge in [0.1, 0.15) is 30.7 Å². The van der Waals surface area contributed by atoms with Crippen molar-refractivity contribution in [2.45, 2.75) is 24.5 Å². The third-order valence-electron chi connectivity index (χ3n) is 3.55. The zero-order valence-electron chi connectivity index (χ0n) is 11.8. The van der Waals surface area contributed by atoms with Crippen molar-refractivity contribution in [2.24, 2.45) is 0 Å². The van der Waals surface area contributed by atoms with Crippen LogP contribution in [-0.4, -0.2) is 67.2 Å². The Bertz CT molecular complexity index is 725.